The number of rotatable bonds is 6. The van der Waals surface area contributed by atoms with Crippen molar-refractivity contribution < 1.29 is 19.5 Å². The molecule has 0 fully saturated rings. The molecule has 1 aromatic rings. The standard InChI is InChI=1S/C12H15NO5/c1-12(2,8-9-17-13(15)16)18-11(14)10-6-4-3-5-7-10/h3-7H,8-9H2,1-2H3. The second kappa shape index (κ2) is 6.00. The van der Waals surface area contributed by atoms with Crippen LogP contribution in [0, 0.1) is 10.1 Å². The topological polar surface area (TPSA) is 78.7 Å². The van der Waals surface area contributed by atoms with Crippen LogP contribution in [0.15, 0.2) is 30.3 Å². The molecule has 0 bridgehead atoms. The first-order valence-corrected chi connectivity index (χ1v) is 5.46. The van der Waals surface area contributed by atoms with Crippen LogP contribution in [-0.4, -0.2) is 23.3 Å². The number of hydrogen-bond donors (Lipinski definition) is 0. The fourth-order valence-corrected chi connectivity index (χ4v) is 1.30. The van der Waals surface area contributed by atoms with E-state index in [2.05, 4.69) is 4.84 Å². The zero-order valence-corrected chi connectivity index (χ0v) is 10.3. The van der Waals surface area contributed by atoms with Gasteiger partial charge in [-0.1, -0.05) is 18.2 Å². The lowest BCUT2D eigenvalue weighted by Crippen LogP contribution is -2.30. The Balaban J connectivity index is 2.49. The summed E-state index contributed by atoms with van der Waals surface area (Å²) in [4.78, 5) is 26.0. The Bertz CT molecular complexity index is 416. The molecule has 0 aromatic heterocycles. The van der Waals surface area contributed by atoms with Crippen LogP contribution in [0.5, 0.6) is 0 Å². The molecule has 98 valence electrons. The minimum absolute atomic E-state index is 0.109. The van der Waals surface area contributed by atoms with Gasteiger partial charge in [0.2, 0.25) is 0 Å². The molecule has 18 heavy (non-hydrogen) atoms. The van der Waals surface area contributed by atoms with E-state index in [4.69, 9.17) is 4.74 Å². The number of ether oxygens (including phenoxy) is 1. The Labute approximate surface area is 105 Å². The van der Waals surface area contributed by atoms with Crippen molar-refractivity contribution in [3.05, 3.63) is 46.0 Å². The second-order valence-electron chi connectivity index (χ2n) is 4.32. The molecule has 0 saturated heterocycles. The van der Waals surface area contributed by atoms with E-state index < -0.39 is 16.7 Å². The lowest BCUT2D eigenvalue weighted by Gasteiger charge is -2.24. The van der Waals surface area contributed by atoms with Crippen LogP contribution < -0.4 is 0 Å². The van der Waals surface area contributed by atoms with E-state index in [9.17, 15) is 14.9 Å². The number of hydrogen-bond acceptors (Lipinski definition) is 5. The van der Waals surface area contributed by atoms with Gasteiger partial charge in [-0.05, 0) is 26.0 Å². The third-order valence-corrected chi connectivity index (χ3v) is 2.28. The molecule has 0 N–H and O–H groups in total. The molecule has 0 amide bonds. The fraction of sp³-hybridized carbons (Fsp3) is 0.417. The van der Waals surface area contributed by atoms with E-state index in [0.717, 1.165) is 0 Å². The van der Waals surface area contributed by atoms with E-state index in [1.165, 1.54) is 0 Å². The van der Waals surface area contributed by atoms with Gasteiger partial charge in [-0.3, -0.25) is 0 Å². The highest BCUT2D eigenvalue weighted by Crippen LogP contribution is 2.17. The summed E-state index contributed by atoms with van der Waals surface area (Å²) in [5.41, 5.74) is -0.371. The maximum absolute atomic E-state index is 11.8. The van der Waals surface area contributed by atoms with Gasteiger partial charge in [0, 0.05) is 6.42 Å². The van der Waals surface area contributed by atoms with Crippen LogP contribution >= 0.6 is 0 Å². The van der Waals surface area contributed by atoms with Crippen molar-refractivity contribution in [3.63, 3.8) is 0 Å². The van der Waals surface area contributed by atoms with Gasteiger partial charge in [0.25, 0.3) is 5.09 Å². The number of carbonyl (C=O) groups is 1. The van der Waals surface area contributed by atoms with Crippen molar-refractivity contribution in [2.45, 2.75) is 25.9 Å². The van der Waals surface area contributed by atoms with E-state index in [1.54, 1.807) is 44.2 Å². The summed E-state index contributed by atoms with van der Waals surface area (Å²) in [6.45, 7) is 3.25. The van der Waals surface area contributed by atoms with Crippen molar-refractivity contribution >= 4 is 5.97 Å². The average Bonchev–Trinajstić information content (AvgIpc) is 2.28. The first-order valence-electron chi connectivity index (χ1n) is 5.46. The van der Waals surface area contributed by atoms with Crippen molar-refractivity contribution in [2.75, 3.05) is 6.61 Å². The molecule has 0 aliphatic carbocycles. The largest absolute Gasteiger partial charge is 0.456 e. The SMILES string of the molecule is CC(C)(CCO[N+](=O)[O-])OC(=O)c1ccccc1. The quantitative estimate of drug-likeness (QED) is 0.441. The van der Waals surface area contributed by atoms with Gasteiger partial charge in [0.1, 0.15) is 12.2 Å². The van der Waals surface area contributed by atoms with Gasteiger partial charge < -0.3 is 9.57 Å². The summed E-state index contributed by atoms with van der Waals surface area (Å²) < 4.78 is 5.26. The minimum atomic E-state index is -0.866. The molecule has 0 aliphatic heterocycles. The maximum Gasteiger partial charge on any atom is 0.338 e. The van der Waals surface area contributed by atoms with E-state index in [0.29, 0.717) is 5.56 Å². The van der Waals surface area contributed by atoms with Crippen molar-refractivity contribution in [2.24, 2.45) is 0 Å². The molecule has 0 heterocycles. The number of carbonyl (C=O) groups excluding carboxylic acids is 1. The molecule has 1 aromatic carbocycles. The van der Waals surface area contributed by atoms with Gasteiger partial charge in [-0.2, -0.15) is 0 Å². The lowest BCUT2D eigenvalue weighted by atomic mass is 10.1. The molecule has 0 saturated carbocycles. The lowest BCUT2D eigenvalue weighted by molar-refractivity contribution is -0.758. The zero-order chi connectivity index (χ0) is 13.6. The van der Waals surface area contributed by atoms with E-state index in [-0.39, 0.29) is 13.0 Å². The zero-order valence-electron chi connectivity index (χ0n) is 10.3. The summed E-state index contributed by atoms with van der Waals surface area (Å²) in [6.07, 6.45) is 0.243. The maximum atomic E-state index is 11.8. The summed E-state index contributed by atoms with van der Waals surface area (Å²) in [5, 5.41) is 9.14. The van der Waals surface area contributed by atoms with Gasteiger partial charge in [0.15, 0.2) is 0 Å². The predicted octanol–water partition coefficient (Wildman–Crippen LogP) is 2.22. The van der Waals surface area contributed by atoms with E-state index >= 15 is 0 Å². The summed E-state index contributed by atoms with van der Waals surface area (Å²) in [6, 6.07) is 8.56. The van der Waals surface area contributed by atoms with Crippen molar-refractivity contribution in [1.82, 2.24) is 0 Å². The summed E-state index contributed by atoms with van der Waals surface area (Å²) in [7, 11) is 0. The Morgan fingerprint density at radius 2 is 1.94 bits per heavy atom. The van der Waals surface area contributed by atoms with Crippen molar-refractivity contribution in [1.29, 1.82) is 0 Å². The second-order valence-corrected chi connectivity index (χ2v) is 4.32. The minimum Gasteiger partial charge on any atom is -0.456 e. The molecular weight excluding hydrogens is 238 g/mol. The smallest absolute Gasteiger partial charge is 0.338 e. The average molecular weight is 253 g/mol. The Kier molecular flexibility index (Phi) is 4.65. The molecule has 0 aliphatic rings. The Morgan fingerprint density at radius 1 is 1.33 bits per heavy atom. The summed E-state index contributed by atoms with van der Waals surface area (Å²) >= 11 is 0. The Morgan fingerprint density at radius 3 is 2.50 bits per heavy atom. The number of nitrogens with zero attached hydrogens (tertiary/aromatic N) is 1. The highest BCUT2D eigenvalue weighted by molar-refractivity contribution is 5.89. The van der Waals surface area contributed by atoms with Gasteiger partial charge in [-0.15, -0.1) is 10.1 Å². The Hall–Kier alpha value is -2.11. The molecule has 0 unspecified atom stereocenters. The van der Waals surface area contributed by atoms with Crippen LogP contribution in [0.3, 0.4) is 0 Å². The highest BCUT2D eigenvalue weighted by Gasteiger charge is 2.23. The molecule has 6 heteroatoms. The number of benzene rings is 1. The first kappa shape index (κ1) is 14.0. The predicted molar refractivity (Wildman–Crippen MR) is 63.5 cm³/mol. The van der Waals surface area contributed by atoms with Crippen LogP contribution in [0.2, 0.25) is 0 Å². The van der Waals surface area contributed by atoms with Crippen LogP contribution in [0.1, 0.15) is 30.6 Å². The monoisotopic (exact) mass is 253 g/mol. The first-order chi connectivity index (χ1) is 8.41. The van der Waals surface area contributed by atoms with E-state index in [1.807, 2.05) is 0 Å². The molecule has 1 rings (SSSR count). The summed E-state index contributed by atoms with van der Waals surface area (Å²) in [5.74, 6) is -0.457. The van der Waals surface area contributed by atoms with Crippen LogP contribution in [0.25, 0.3) is 0 Å². The van der Waals surface area contributed by atoms with Gasteiger partial charge >= 0.3 is 5.97 Å². The van der Waals surface area contributed by atoms with Gasteiger partial charge in [-0.25, -0.2) is 4.79 Å². The molecular formula is C12H15NO5. The molecule has 0 atom stereocenters. The third kappa shape index (κ3) is 4.82. The molecule has 0 spiro atoms. The molecule has 6 nitrogen and oxygen atoms in total. The van der Waals surface area contributed by atoms with Gasteiger partial charge in [0.05, 0.1) is 5.56 Å². The fourth-order valence-electron chi connectivity index (χ4n) is 1.30. The van der Waals surface area contributed by atoms with Crippen molar-refractivity contribution in [3.8, 4) is 0 Å². The molecule has 0 radical (unpaired) electrons. The number of esters is 1. The normalized spacial score (nSPS) is 10.8. The third-order valence-electron chi connectivity index (χ3n) is 2.28. The highest BCUT2D eigenvalue weighted by atomic mass is 16.9. The van der Waals surface area contributed by atoms with Crippen LogP contribution in [-0.2, 0) is 9.57 Å². The van der Waals surface area contributed by atoms with Crippen LogP contribution in [0.4, 0.5) is 0 Å².